The van der Waals surface area contributed by atoms with Crippen molar-refractivity contribution in [1.29, 1.82) is 0 Å². The minimum atomic E-state index is 0.628. The molecule has 0 aromatic rings. The van der Waals surface area contributed by atoms with E-state index >= 15 is 0 Å². The van der Waals surface area contributed by atoms with Gasteiger partial charge in [-0.2, -0.15) is 0 Å². The van der Waals surface area contributed by atoms with Crippen molar-refractivity contribution in [3.05, 3.63) is 0 Å². The van der Waals surface area contributed by atoms with Gasteiger partial charge in [-0.05, 0) is 62.9 Å². The zero-order valence-corrected chi connectivity index (χ0v) is 12.6. The molecule has 1 saturated carbocycles. The molecule has 1 saturated heterocycles. The first-order valence-electron chi connectivity index (χ1n) is 8.05. The van der Waals surface area contributed by atoms with Crippen molar-refractivity contribution in [3.63, 3.8) is 0 Å². The third-order valence-corrected chi connectivity index (χ3v) is 5.10. The maximum atomic E-state index is 3.81. The Labute approximate surface area is 113 Å². The maximum Gasteiger partial charge on any atom is 0.00795 e. The predicted octanol–water partition coefficient (Wildman–Crippen LogP) is 3.18. The Morgan fingerprint density at radius 2 is 2.00 bits per heavy atom. The Kier molecular flexibility index (Phi) is 5.08. The SMILES string of the molecule is CC(C)CC1(CNCC2CCNC2C)CCCC1. The first-order valence-corrected chi connectivity index (χ1v) is 8.05. The van der Waals surface area contributed by atoms with Gasteiger partial charge in [0.25, 0.3) is 0 Å². The van der Waals surface area contributed by atoms with E-state index in [0.717, 1.165) is 11.8 Å². The summed E-state index contributed by atoms with van der Waals surface area (Å²) in [4.78, 5) is 0. The summed E-state index contributed by atoms with van der Waals surface area (Å²) < 4.78 is 0. The molecule has 18 heavy (non-hydrogen) atoms. The van der Waals surface area contributed by atoms with Crippen LogP contribution in [0.3, 0.4) is 0 Å². The van der Waals surface area contributed by atoms with Crippen molar-refractivity contribution in [2.45, 2.75) is 65.3 Å². The minimum absolute atomic E-state index is 0.628. The number of hydrogen-bond acceptors (Lipinski definition) is 2. The van der Waals surface area contributed by atoms with E-state index in [2.05, 4.69) is 31.4 Å². The first-order chi connectivity index (χ1) is 8.61. The van der Waals surface area contributed by atoms with Crippen molar-refractivity contribution in [1.82, 2.24) is 10.6 Å². The van der Waals surface area contributed by atoms with Crippen molar-refractivity contribution < 1.29 is 0 Å². The summed E-state index contributed by atoms with van der Waals surface area (Å²) in [5.74, 6) is 1.69. The molecule has 0 bridgehead atoms. The zero-order valence-electron chi connectivity index (χ0n) is 12.6. The van der Waals surface area contributed by atoms with Crippen molar-refractivity contribution >= 4 is 0 Å². The third kappa shape index (κ3) is 3.71. The number of hydrogen-bond donors (Lipinski definition) is 2. The molecule has 2 atom stereocenters. The van der Waals surface area contributed by atoms with Crippen molar-refractivity contribution in [3.8, 4) is 0 Å². The fourth-order valence-electron chi connectivity index (χ4n) is 4.16. The van der Waals surface area contributed by atoms with Gasteiger partial charge in [-0.15, -0.1) is 0 Å². The van der Waals surface area contributed by atoms with E-state index in [4.69, 9.17) is 0 Å². The van der Waals surface area contributed by atoms with Crippen LogP contribution in [0.4, 0.5) is 0 Å². The van der Waals surface area contributed by atoms with Crippen LogP contribution in [-0.4, -0.2) is 25.7 Å². The highest BCUT2D eigenvalue weighted by atomic mass is 15.0. The summed E-state index contributed by atoms with van der Waals surface area (Å²) in [7, 11) is 0. The summed E-state index contributed by atoms with van der Waals surface area (Å²) in [6.45, 7) is 10.8. The fraction of sp³-hybridized carbons (Fsp3) is 1.00. The van der Waals surface area contributed by atoms with Gasteiger partial charge in [0.15, 0.2) is 0 Å². The second-order valence-corrected chi connectivity index (χ2v) is 7.23. The minimum Gasteiger partial charge on any atom is -0.316 e. The maximum absolute atomic E-state index is 3.81. The van der Waals surface area contributed by atoms with Gasteiger partial charge in [0.2, 0.25) is 0 Å². The first kappa shape index (κ1) is 14.3. The summed E-state index contributed by atoms with van der Waals surface area (Å²) in [6, 6.07) is 0.710. The van der Waals surface area contributed by atoms with Crippen LogP contribution in [0.25, 0.3) is 0 Å². The largest absolute Gasteiger partial charge is 0.316 e. The van der Waals surface area contributed by atoms with Crippen LogP contribution < -0.4 is 10.6 Å². The molecule has 0 amide bonds. The van der Waals surface area contributed by atoms with E-state index in [0.29, 0.717) is 11.5 Å². The zero-order chi connectivity index (χ0) is 13.0. The van der Waals surface area contributed by atoms with Gasteiger partial charge in [0, 0.05) is 12.6 Å². The molecule has 2 heteroatoms. The second kappa shape index (κ2) is 6.38. The Balaban J connectivity index is 1.75. The van der Waals surface area contributed by atoms with E-state index in [9.17, 15) is 0 Å². The van der Waals surface area contributed by atoms with Crippen LogP contribution in [0, 0.1) is 17.3 Å². The summed E-state index contributed by atoms with van der Waals surface area (Å²) in [5, 5.41) is 7.36. The molecule has 2 N–H and O–H groups in total. The number of rotatable bonds is 6. The second-order valence-electron chi connectivity index (χ2n) is 7.23. The average Bonchev–Trinajstić information content (AvgIpc) is 2.89. The standard InChI is InChI=1S/C16H32N2/c1-13(2)10-16(7-4-5-8-16)12-17-11-15-6-9-18-14(15)3/h13-15,17-18H,4-12H2,1-3H3. The van der Waals surface area contributed by atoms with Gasteiger partial charge in [-0.3, -0.25) is 0 Å². The normalized spacial score (nSPS) is 31.3. The van der Waals surface area contributed by atoms with Gasteiger partial charge < -0.3 is 10.6 Å². The fourth-order valence-corrected chi connectivity index (χ4v) is 4.16. The monoisotopic (exact) mass is 252 g/mol. The van der Waals surface area contributed by atoms with Crippen molar-refractivity contribution in [2.24, 2.45) is 17.3 Å². The van der Waals surface area contributed by atoms with Crippen LogP contribution >= 0.6 is 0 Å². The summed E-state index contributed by atoms with van der Waals surface area (Å²) in [5.41, 5.74) is 0.628. The van der Waals surface area contributed by atoms with E-state index in [-0.39, 0.29) is 0 Å². The van der Waals surface area contributed by atoms with Gasteiger partial charge in [0.05, 0.1) is 0 Å². The summed E-state index contributed by atoms with van der Waals surface area (Å²) in [6.07, 6.45) is 8.59. The van der Waals surface area contributed by atoms with Crippen LogP contribution in [0.1, 0.15) is 59.3 Å². The molecule has 1 aliphatic heterocycles. The Bertz CT molecular complexity index is 243. The predicted molar refractivity (Wildman–Crippen MR) is 78.8 cm³/mol. The highest BCUT2D eigenvalue weighted by Gasteiger charge is 2.34. The molecule has 1 heterocycles. The number of nitrogens with one attached hydrogen (secondary N) is 2. The highest BCUT2D eigenvalue weighted by molar-refractivity contribution is 4.89. The molecule has 2 fully saturated rings. The molecule has 0 aromatic heterocycles. The topological polar surface area (TPSA) is 24.1 Å². The summed E-state index contributed by atoms with van der Waals surface area (Å²) >= 11 is 0. The van der Waals surface area contributed by atoms with Crippen LogP contribution in [-0.2, 0) is 0 Å². The molecule has 2 rings (SSSR count). The van der Waals surface area contributed by atoms with E-state index in [1.807, 2.05) is 0 Å². The van der Waals surface area contributed by atoms with Crippen molar-refractivity contribution in [2.75, 3.05) is 19.6 Å². The van der Waals surface area contributed by atoms with Crippen LogP contribution in [0.2, 0.25) is 0 Å². The molecule has 2 nitrogen and oxygen atoms in total. The van der Waals surface area contributed by atoms with Gasteiger partial charge in [-0.25, -0.2) is 0 Å². The lowest BCUT2D eigenvalue weighted by Crippen LogP contribution is -2.38. The lowest BCUT2D eigenvalue weighted by atomic mass is 9.78. The lowest BCUT2D eigenvalue weighted by Gasteiger charge is -2.32. The Hall–Kier alpha value is -0.0800. The Morgan fingerprint density at radius 3 is 2.56 bits per heavy atom. The lowest BCUT2D eigenvalue weighted by molar-refractivity contribution is 0.219. The molecule has 2 aliphatic rings. The molecule has 2 unspecified atom stereocenters. The molecule has 1 aliphatic carbocycles. The smallest absolute Gasteiger partial charge is 0.00795 e. The van der Waals surface area contributed by atoms with Crippen LogP contribution in [0.15, 0.2) is 0 Å². The van der Waals surface area contributed by atoms with E-state index in [1.54, 1.807) is 0 Å². The van der Waals surface area contributed by atoms with Gasteiger partial charge in [0.1, 0.15) is 0 Å². The molecule has 0 radical (unpaired) electrons. The average molecular weight is 252 g/mol. The van der Waals surface area contributed by atoms with Gasteiger partial charge >= 0.3 is 0 Å². The quantitative estimate of drug-likeness (QED) is 0.758. The van der Waals surface area contributed by atoms with E-state index < -0.39 is 0 Å². The highest BCUT2D eigenvalue weighted by Crippen LogP contribution is 2.42. The van der Waals surface area contributed by atoms with Crippen LogP contribution in [0.5, 0.6) is 0 Å². The van der Waals surface area contributed by atoms with E-state index in [1.165, 1.54) is 58.2 Å². The molecular weight excluding hydrogens is 220 g/mol. The van der Waals surface area contributed by atoms with Gasteiger partial charge in [-0.1, -0.05) is 26.7 Å². The molecule has 0 aromatic carbocycles. The third-order valence-electron chi connectivity index (χ3n) is 5.10. The molecule has 0 spiro atoms. The molecular formula is C16H32N2. The Morgan fingerprint density at radius 1 is 1.28 bits per heavy atom. The molecule has 106 valence electrons.